The molecule has 110 valence electrons. The molecule has 0 bridgehead atoms. The molecule has 0 saturated carbocycles. The quantitative estimate of drug-likeness (QED) is 0.687. The molecule has 1 aliphatic heterocycles. The standard InChI is InChI=1S/C11H16N4O4S/c16-8(9(17)18)7-13-10(19)14-2-4-15(5-3-14)11-12-1-6-20-11/h1,6,8,16H,2-5,7H2,(H,13,19)(H,17,18). The van der Waals surface area contributed by atoms with Crippen LogP contribution in [0.15, 0.2) is 11.6 Å². The number of carbonyl (C=O) groups excluding carboxylic acids is 1. The van der Waals surface area contributed by atoms with Crippen LogP contribution in [0, 0.1) is 0 Å². The molecule has 0 aliphatic carbocycles. The molecule has 20 heavy (non-hydrogen) atoms. The smallest absolute Gasteiger partial charge is 0.334 e. The first kappa shape index (κ1) is 14.5. The maximum atomic E-state index is 11.8. The highest BCUT2D eigenvalue weighted by molar-refractivity contribution is 7.13. The molecular weight excluding hydrogens is 284 g/mol. The third-order valence-electron chi connectivity index (χ3n) is 2.99. The van der Waals surface area contributed by atoms with Gasteiger partial charge in [-0.05, 0) is 0 Å². The fourth-order valence-corrected chi connectivity index (χ4v) is 2.55. The lowest BCUT2D eigenvalue weighted by Crippen LogP contribution is -2.53. The van der Waals surface area contributed by atoms with Crippen LogP contribution in [0.4, 0.5) is 9.93 Å². The number of piperazine rings is 1. The molecule has 1 aromatic heterocycles. The molecule has 2 heterocycles. The van der Waals surface area contributed by atoms with E-state index in [0.717, 1.165) is 5.13 Å². The number of aromatic nitrogens is 1. The first-order chi connectivity index (χ1) is 9.58. The van der Waals surface area contributed by atoms with Crippen molar-refractivity contribution in [2.24, 2.45) is 0 Å². The van der Waals surface area contributed by atoms with Crippen LogP contribution in [0.3, 0.4) is 0 Å². The average molecular weight is 300 g/mol. The molecule has 0 radical (unpaired) electrons. The molecule has 1 aliphatic rings. The normalized spacial score (nSPS) is 16.9. The van der Waals surface area contributed by atoms with E-state index in [-0.39, 0.29) is 12.6 Å². The maximum Gasteiger partial charge on any atom is 0.334 e. The number of aliphatic hydroxyl groups is 1. The Balaban J connectivity index is 1.76. The zero-order chi connectivity index (χ0) is 14.5. The first-order valence-corrected chi connectivity index (χ1v) is 7.04. The number of amides is 2. The third kappa shape index (κ3) is 3.58. The molecule has 2 rings (SSSR count). The molecule has 0 aromatic carbocycles. The highest BCUT2D eigenvalue weighted by Gasteiger charge is 2.23. The van der Waals surface area contributed by atoms with E-state index < -0.39 is 12.1 Å². The number of aliphatic hydroxyl groups excluding tert-OH is 1. The minimum atomic E-state index is -1.57. The van der Waals surface area contributed by atoms with Crippen LogP contribution >= 0.6 is 11.3 Å². The summed E-state index contributed by atoms with van der Waals surface area (Å²) in [5, 5.41) is 22.9. The van der Waals surface area contributed by atoms with Crippen molar-refractivity contribution in [3.63, 3.8) is 0 Å². The lowest BCUT2D eigenvalue weighted by Gasteiger charge is -2.34. The molecule has 1 saturated heterocycles. The van der Waals surface area contributed by atoms with Gasteiger partial charge in [-0.15, -0.1) is 11.3 Å². The minimum Gasteiger partial charge on any atom is -0.479 e. The van der Waals surface area contributed by atoms with Gasteiger partial charge < -0.3 is 25.3 Å². The number of urea groups is 1. The Kier molecular flexibility index (Phi) is 4.74. The summed E-state index contributed by atoms with van der Waals surface area (Å²) in [5.41, 5.74) is 0. The van der Waals surface area contributed by atoms with Gasteiger partial charge in [0.1, 0.15) is 0 Å². The SMILES string of the molecule is O=C(O)C(O)CNC(=O)N1CCN(c2nccs2)CC1. The number of carbonyl (C=O) groups is 2. The number of hydrogen-bond acceptors (Lipinski definition) is 6. The molecule has 1 unspecified atom stereocenters. The van der Waals surface area contributed by atoms with Crippen molar-refractivity contribution in [3.05, 3.63) is 11.6 Å². The number of nitrogens with zero attached hydrogens (tertiary/aromatic N) is 3. The largest absolute Gasteiger partial charge is 0.479 e. The van der Waals surface area contributed by atoms with Crippen LogP contribution in [0.5, 0.6) is 0 Å². The summed E-state index contributed by atoms with van der Waals surface area (Å²) in [5.74, 6) is -1.35. The Morgan fingerprint density at radius 2 is 2.10 bits per heavy atom. The lowest BCUT2D eigenvalue weighted by atomic mass is 10.3. The maximum absolute atomic E-state index is 11.8. The van der Waals surface area contributed by atoms with Crippen molar-refractivity contribution < 1.29 is 19.8 Å². The number of carboxylic acids is 1. The van der Waals surface area contributed by atoms with Crippen molar-refractivity contribution in [2.45, 2.75) is 6.10 Å². The summed E-state index contributed by atoms with van der Waals surface area (Å²) in [4.78, 5) is 30.1. The average Bonchev–Trinajstić information content (AvgIpc) is 2.98. The van der Waals surface area contributed by atoms with Crippen molar-refractivity contribution in [3.8, 4) is 0 Å². The number of hydrogen-bond donors (Lipinski definition) is 3. The Hall–Kier alpha value is -1.87. The number of anilines is 1. The number of nitrogens with one attached hydrogen (secondary N) is 1. The monoisotopic (exact) mass is 300 g/mol. The predicted octanol–water partition coefficient (Wildman–Crippen LogP) is -0.580. The summed E-state index contributed by atoms with van der Waals surface area (Å²) in [7, 11) is 0. The summed E-state index contributed by atoms with van der Waals surface area (Å²) in [6, 6.07) is -0.357. The fourth-order valence-electron chi connectivity index (χ4n) is 1.86. The van der Waals surface area contributed by atoms with Crippen LogP contribution in [-0.4, -0.2) is 70.9 Å². The van der Waals surface area contributed by atoms with Crippen molar-refractivity contribution >= 4 is 28.5 Å². The van der Waals surface area contributed by atoms with E-state index in [0.29, 0.717) is 26.2 Å². The van der Waals surface area contributed by atoms with Crippen LogP contribution in [-0.2, 0) is 4.79 Å². The molecule has 2 amide bonds. The summed E-state index contributed by atoms with van der Waals surface area (Å²) >= 11 is 1.55. The Bertz CT molecular complexity index is 459. The van der Waals surface area contributed by atoms with Crippen LogP contribution in [0.1, 0.15) is 0 Å². The molecule has 1 atom stereocenters. The number of rotatable bonds is 4. The van der Waals surface area contributed by atoms with Gasteiger partial charge >= 0.3 is 12.0 Å². The second-order valence-electron chi connectivity index (χ2n) is 4.33. The van der Waals surface area contributed by atoms with Crippen LogP contribution in [0.2, 0.25) is 0 Å². The van der Waals surface area contributed by atoms with Gasteiger partial charge in [0.25, 0.3) is 0 Å². The predicted molar refractivity (Wildman–Crippen MR) is 72.9 cm³/mol. The minimum absolute atomic E-state index is 0.291. The molecule has 1 fully saturated rings. The molecule has 3 N–H and O–H groups in total. The molecular formula is C11H16N4O4S. The van der Waals surface area contributed by atoms with Gasteiger partial charge in [0, 0.05) is 37.8 Å². The Morgan fingerprint density at radius 1 is 1.40 bits per heavy atom. The van der Waals surface area contributed by atoms with E-state index >= 15 is 0 Å². The van der Waals surface area contributed by atoms with E-state index in [9.17, 15) is 9.59 Å². The molecule has 9 heteroatoms. The molecule has 1 aromatic rings. The van der Waals surface area contributed by atoms with Gasteiger partial charge in [-0.1, -0.05) is 0 Å². The van der Waals surface area contributed by atoms with Gasteiger partial charge in [-0.2, -0.15) is 0 Å². The lowest BCUT2D eigenvalue weighted by molar-refractivity contribution is -0.146. The van der Waals surface area contributed by atoms with E-state index in [1.165, 1.54) is 0 Å². The van der Waals surface area contributed by atoms with Gasteiger partial charge in [0.2, 0.25) is 0 Å². The van der Waals surface area contributed by atoms with Gasteiger partial charge in [0.15, 0.2) is 11.2 Å². The fraction of sp³-hybridized carbons (Fsp3) is 0.545. The molecule has 8 nitrogen and oxygen atoms in total. The second kappa shape index (κ2) is 6.53. The van der Waals surface area contributed by atoms with Crippen LogP contribution < -0.4 is 10.2 Å². The number of aliphatic carboxylic acids is 1. The van der Waals surface area contributed by atoms with Crippen molar-refractivity contribution in [2.75, 3.05) is 37.6 Å². The Labute approximate surface area is 119 Å². The highest BCUT2D eigenvalue weighted by Crippen LogP contribution is 2.18. The molecule has 0 spiro atoms. The number of thiazole rings is 1. The topological polar surface area (TPSA) is 106 Å². The number of carboxylic acid groups (broad SMARTS) is 1. The summed E-state index contributed by atoms with van der Waals surface area (Å²) in [6.07, 6.45) is 0.169. The first-order valence-electron chi connectivity index (χ1n) is 6.16. The van der Waals surface area contributed by atoms with Gasteiger partial charge in [0.05, 0.1) is 6.54 Å². The van der Waals surface area contributed by atoms with Crippen LogP contribution in [0.25, 0.3) is 0 Å². The van der Waals surface area contributed by atoms with Crippen molar-refractivity contribution in [1.82, 2.24) is 15.2 Å². The second-order valence-corrected chi connectivity index (χ2v) is 5.20. The highest BCUT2D eigenvalue weighted by atomic mass is 32.1. The zero-order valence-electron chi connectivity index (χ0n) is 10.7. The van der Waals surface area contributed by atoms with Gasteiger partial charge in [-0.3, -0.25) is 0 Å². The van der Waals surface area contributed by atoms with E-state index in [2.05, 4.69) is 15.2 Å². The Morgan fingerprint density at radius 3 is 2.65 bits per heavy atom. The van der Waals surface area contributed by atoms with Gasteiger partial charge in [-0.25, -0.2) is 14.6 Å². The van der Waals surface area contributed by atoms with E-state index in [1.807, 2.05) is 5.38 Å². The third-order valence-corrected chi connectivity index (χ3v) is 3.82. The van der Waals surface area contributed by atoms with Crippen molar-refractivity contribution in [1.29, 1.82) is 0 Å². The summed E-state index contributed by atoms with van der Waals surface area (Å²) in [6.45, 7) is 2.15. The van der Waals surface area contributed by atoms with E-state index in [1.54, 1.807) is 22.4 Å². The summed E-state index contributed by atoms with van der Waals surface area (Å²) < 4.78 is 0. The van der Waals surface area contributed by atoms with E-state index in [4.69, 9.17) is 10.2 Å². The zero-order valence-corrected chi connectivity index (χ0v) is 11.5.